The Kier molecular flexibility index (Phi) is 0.762. The van der Waals surface area contributed by atoms with E-state index in [1.807, 2.05) is 0 Å². The molecule has 0 aromatic rings. The monoisotopic (exact) mass is 112 g/mol. The molecule has 0 radical (unpaired) electrons. The number of rotatable bonds is 1. The Bertz CT molecular complexity index is 107. The summed E-state index contributed by atoms with van der Waals surface area (Å²) in [5.74, 6) is 0.924. The maximum absolute atomic E-state index is 8.87. The van der Waals surface area contributed by atoms with Gasteiger partial charge in [-0.2, -0.15) is 0 Å². The lowest BCUT2D eigenvalue weighted by molar-refractivity contribution is 0.205. The van der Waals surface area contributed by atoms with Crippen molar-refractivity contribution in [3.8, 4) is 0 Å². The van der Waals surface area contributed by atoms with Crippen molar-refractivity contribution in [2.75, 3.05) is 6.61 Å². The van der Waals surface area contributed by atoms with Gasteiger partial charge in [0.2, 0.25) is 0 Å². The molecule has 2 unspecified atom stereocenters. The number of aliphatic hydroxyl groups is 1. The first-order chi connectivity index (χ1) is 3.87. The average Bonchev–Trinajstić information content (AvgIpc) is 2.38. The van der Waals surface area contributed by atoms with E-state index < -0.39 is 0 Å². The van der Waals surface area contributed by atoms with E-state index >= 15 is 0 Å². The standard InChI is InChI=1S/C7H12O/c8-5-7-3-1-2-6(7)4-7/h6,8H,1-5H2. The Morgan fingerprint density at radius 1 is 1.62 bits per heavy atom. The van der Waals surface area contributed by atoms with Gasteiger partial charge in [-0.3, -0.25) is 0 Å². The Labute approximate surface area is 49.7 Å². The minimum atomic E-state index is 0.456. The Morgan fingerprint density at radius 2 is 2.50 bits per heavy atom. The highest BCUT2D eigenvalue weighted by Crippen LogP contribution is 2.62. The molecule has 2 saturated carbocycles. The van der Waals surface area contributed by atoms with Crippen LogP contribution in [0.1, 0.15) is 25.7 Å². The molecule has 46 valence electrons. The fourth-order valence-corrected chi connectivity index (χ4v) is 2.12. The third-order valence-corrected chi connectivity index (χ3v) is 2.90. The van der Waals surface area contributed by atoms with Crippen LogP contribution in [0.25, 0.3) is 0 Å². The van der Waals surface area contributed by atoms with E-state index in [9.17, 15) is 0 Å². The predicted octanol–water partition coefficient (Wildman–Crippen LogP) is 1.17. The molecule has 0 bridgehead atoms. The first-order valence-electron chi connectivity index (χ1n) is 3.48. The maximum atomic E-state index is 8.87. The summed E-state index contributed by atoms with van der Waals surface area (Å²) in [4.78, 5) is 0. The number of fused-ring (bicyclic) bond motifs is 1. The Balaban J connectivity index is 2.08. The van der Waals surface area contributed by atoms with Crippen LogP contribution in [-0.4, -0.2) is 11.7 Å². The summed E-state index contributed by atoms with van der Waals surface area (Å²) < 4.78 is 0. The molecule has 0 aliphatic heterocycles. The molecule has 0 aromatic heterocycles. The van der Waals surface area contributed by atoms with E-state index in [0.29, 0.717) is 12.0 Å². The molecule has 2 aliphatic carbocycles. The molecule has 2 aliphatic rings. The lowest BCUT2D eigenvalue weighted by Crippen LogP contribution is -2.03. The van der Waals surface area contributed by atoms with Crippen LogP contribution in [0.15, 0.2) is 0 Å². The summed E-state index contributed by atoms with van der Waals surface area (Å²) in [5.41, 5.74) is 0.458. The molecule has 2 atom stereocenters. The van der Waals surface area contributed by atoms with Gasteiger partial charge in [0.05, 0.1) is 0 Å². The zero-order valence-electron chi connectivity index (χ0n) is 5.06. The first kappa shape index (κ1) is 4.80. The zero-order valence-corrected chi connectivity index (χ0v) is 5.06. The fourth-order valence-electron chi connectivity index (χ4n) is 2.12. The zero-order chi connectivity index (χ0) is 5.61. The largest absolute Gasteiger partial charge is 0.396 e. The third-order valence-electron chi connectivity index (χ3n) is 2.90. The number of hydrogen-bond acceptors (Lipinski definition) is 1. The third kappa shape index (κ3) is 0.408. The van der Waals surface area contributed by atoms with Crippen molar-refractivity contribution in [2.24, 2.45) is 11.3 Å². The van der Waals surface area contributed by atoms with E-state index in [1.54, 1.807) is 0 Å². The van der Waals surface area contributed by atoms with Gasteiger partial charge < -0.3 is 5.11 Å². The molecule has 1 N–H and O–H groups in total. The van der Waals surface area contributed by atoms with Gasteiger partial charge in [0, 0.05) is 6.61 Å². The summed E-state index contributed by atoms with van der Waals surface area (Å²) in [6.07, 6.45) is 5.38. The summed E-state index contributed by atoms with van der Waals surface area (Å²) in [7, 11) is 0. The summed E-state index contributed by atoms with van der Waals surface area (Å²) >= 11 is 0. The second kappa shape index (κ2) is 1.27. The number of aliphatic hydroxyl groups excluding tert-OH is 1. The average molecular weight is 112 g/mol. The van der Waals surface area contributed by atoms with E-state index in [-0.39, 0.29) is 0 Å². The highest BCUT2D eigenvalue weighted by molar-refractivity contribution is 5.05. The molecule has 2 rings (SSSR count). The minimum Gasteiger partial charge on any atom is -0.396 e. The quantitative estimate of drug-likeness (QED) is 0.540. The molecule has 1 nitrogen and oxygen atoms in total. The maximum Gasteiger partial charge on any atom is 0.0490 e. The Morgan fingerprint density at radius 3 is 2.75 bits per heavy atom. The van der Waals surface area contributed by atoms with E-state index in [4.69, 9.17) is 5.11 Å². The molecular formula is C7H12O. The SMILES string of the molecule is OCC12CCCC1C2. The van der Waals surface area contributed by atoms with Crippen LogP contribution in [0.3, 0.4) is 0 Å². The van der Waals surface area contributed by atoms with Crippen molar-refractivity contribution in [1.82, 2.24) is 0 Å². The van der Waals surface area contributed by atoms with Gasteiger partial charge in [-0.1, -0.05) is 6.42 Å². The summed E-state index contributed by atoms with van der Waals surface area (Å²) in [5, 5.41) is 8.87. The van der Waals surface area contributed by atoms with Gasteiger partial charge in [0.1, 0.15) is 0 Å². The van der Waals surface area contributed by atoms with Crippen LogP contribution < -0.4 is 0 Å². The molecule has 1 heteroatoms. The van der Waals surface area contributed by atoms with Crippen molar-refractivity contribution >= 4 is 0 Å². The van der Waals surface area contributed by atoms with Crippen LogP contribution in [0, 0.1) is 11.3 Å². The lowest BCUT2D eigenvalue weighted by Gasteiger charge is -2.03. The van der Waals surface area contributed by atoms with Gasteiger partial charge in [0.15, 0.2) is 0 Å². The molecule has 0 aromatic carbocycles. The van der Waals surface area contributed by atoms with Crippen molar-refractivity contribution < 1.29 is 5.11 Å². The highest BCUT2D eigenvalue weighted by atomic mass is 16.3. The van der Waals surface area contributed by atoms with Crippen molar-refractivity contribution in [3.63, 3.8) is 0 Å². The van der Waals surface area contributed by atoms with Gasteiger partial charge in [-0.15, -0.1) is 0 Å². The summed E-state index contributed by atoms with van der Waals surface area (Å²) in [6.45, 7) is 0.456. The van der Waals surface area contributed by atoms with Gasteiger partial charge in [0.25, 0.3) is 0 Å². The predicted molar refractivity (Wildman–Crippen MR) is 31.5 cm³/mol. The molecule has 0 amide bonds. The normalized spacial score (nSPS) is 51.4. The molecule has 0 saturated heterocycles. The topological polar surface area (TPSA) is 20.2 Å². The highest BCUT2D eigenvalue weighted by Gasteiger charge is 2.55. The van der Waals surface area contributed by atoms with Gasteiger partial charge >= 0.3 is 0 Å². The van der Waals surface area contributed by atoms with Crippen LogP contribution in [0.2, 0.25) is 0 Å². The first-order valence-corrected chi connectivity index (χ1v) is 3.48. The fraction of sp³-hybridized carbons (Fsp3) is 1.00. The molecule has 2 fully saturated rings. The van der Waals surface area contributed by atoms with E-state index in [0.717, 1.165) is 5.92 Å². The van der Waals surface area contributed by atoms with E-state index in [1.165, 1.54) is 25.7 Å². The summed E-state index contributed by atoms with van der Waals surface area (Å²) in [6, 6.07) is 0. The van der Waals surface area contributed by atoms with Gasteiger partial charge in [-0.05, 0) is 30.6 Å². The number of hydrogen-bond donors (Lipinski definition) is 1. The second-order valence-corrected chi connectivity index (χ2v) is 3.31. The van der Waals surface area contributed by atoms with Gasteiger partial charge in [-0.25, -0.2) is 0 Å². The van der Waals surface area contributed by atoms with Crippen molar-refractivity contribution in [1.29, 1.82) is 0 Å². The smallest absolute Gasteiger partial charge is 0.0490 e. The lowest BCUT2D eigenvalue weighted by atomic mass is 10.1. The van der Waals surface area contributed by atoms with Crippen LogP contribution in [0.4, 0.5) is 0 Å². The second-order valence-electron chi connectivity index (χ2n) is 3.31. The molecule has 8 heavy (non-hydrogen) atoms. The van der Waals surface area contributed by atoms with Crippen LogP contribution in [0.5, 0.6) is 0 Å². The molecular weight excluding hydrogens is 100 g/mol. The minimum absolute atomic E-state index is 0.456. The van der Waals surface area contributed by atoms with Crippen LogP contribution in [-0.2, 0) is 0 Å². The molecule has 0 heterocycles. The molecule has 0 spiro atoms. The van der Waals surface area contributed by atoms with Crippen molar-refractivity contribution in [3.05, 3.63) is 0 Å². The van der Waals surface area contributed by atoms with E-state index in [2.05, 4.69) is 0 Å². The van der Waals surface area contributed by atoms with Crippen molar-refractivity contribution in [2.45, 2.75) is 25.7 Å². The Hall–Kier alpha value is -0.0400. The van der Waals surface area contributed by atoms with Crippen LogP contribution >= 0.6 is 0 Å².